The molecule has 1 saturated heterocycles. The van der Waals surface area contributed by atoms with E-state index in [0.717, 1.165) is 12.8 Å². The molecule has 0 aromatic rings. The van der Waals surface area contributed by atoms with Crippen LogP contribution in [0.15, 0.2) is 0 Å². The summed E-state index contributed by atoms with van der Waals surface area (Å²) >= 11 is 0. The lowest BCUT2D eigenvalue weighted by atomic mass is 9.97. The Balaban J connectivity index is 0.000000763. The highest BCUT2D eigenvalue weighted by Crippen LogP contribution is 2.19. The van der Waals surface area contributed by atoms with Crippen LogP contribution in [-0.2, 0) is 19.1 Å². The van der Waals surface area contributed by atoms with Gasteiger partial charge < -0.3 is 14.4 Å². The lowest BCUT2D eigenvalue weighted by Gasteiger charge is -2.26. The van der Waals surface area contributed by atoms with Crippen molar-refractivity contribution < 1.29 is 23.9 Å². The molecule has 0 spiro atoms. The lowest BCUT2D eigenvalue weighted by Crippen LogP contribution is -2.37. The zero-order chi connectivity index (χ0) is 17.2. The molecular formula is C16H29NO5. The quantitative estimate of drug-likeness (QED) is 0.749. The average Bonchev–Trinajstić information content (AvgIpc) is 2.60. The average molecular weight is 315 g/mol. The Bertz CT molecular complexity index is 362. The highest BCUT2D eigenvalue weighted by molar-refractivity contribution is 5.82. The molecule has 1 atom stereocenters. The standard InChI is InChI=1S/C13H23NO3.C3H6O2/c1-5-10-6-8-14(9-7-11(10)15)12(16)17-13(2,3)4;1-2-5-3-4/h10H,5-9H2,1-4H3;3H,2H2,1H3. The molecule has 1 heterocycles. The van der Waals surface area contributed by atoms with Gasteiger partial charge in [0, 0.05) is 25.4 Å². The smallest absolute Gasteiger partial charge is 0.410 e. The topological polar surface area (TPSA) is 72.9 Å². The van der Waals surface area contributed by atoms with E-state index in [1.807, 2.05) is 27.7 Å². The summed E-state index contributed by atoms with van der Waals surface area (Å²) in [5.41, 5.74) is -0.475. The van der Waals surface area contributed by atoms with Gasteiger partial charge in [0.15, 0.2) is 0 Å². The number of carbonyl (C=O) groups is 3. The maximum atomic E-state index is 11.9. The Morgan fingerprint density at radius 2 is 1.95 bits per heavy atom. The fourth-order valence-corrected chi connectivity index (χ4v) is 2.04. The van der Waals surface area contributed by atoms with E-state index in [1.165, 1.54) is 0 Å². The van der Waals surface area contributed by atoms with Crippen molar-refractivity contribution in [3.8, 4) is 0 Å². The fourth-order valence-electron chi connectivity index (χ4n) is 2.04. The van der Waals surface area contributed by atoms with Gasteiger partial charge in [-0.2, -0.15) is 0 Å². The first-order chi connectivity index (χ1) is 10.2. The van der Waals surface area contributed by atoms with Crippen LogP contribution in [0.3, 0.4) is 0 Å². The van der Waals surface area contributed by atoms with Crippen molar-refractivity contribution in [3.63, 3.8) is 0 Å². The second-order valence-electron chi connectivity index (χ2n) is 6.13. The Labute approximate surface area is 133 Å². The summed E-state index contributed by atoms with van der Waals surface area (Å²) in [7, 11) is 0. The third kappa shape index (κ3) is 8.64. The summed E-state index contributed by atoms with van der Waals surface area (Å²) in [6, 6.07) is 0. The van der Waals surface area contributed by atoms with E-state index in [2.05, 4.69) is 4.74 Å². The monoisotopic (exact) mass is 315 g/mol. The van der Waals surface area contributed by atoms with Crippen molar-refractivity contribution in [2.45, 2.75) is 59.5 Å². The highest BCUT2D eigenvalue weighted by Gasteiger charge is 2.27. The van der Waals surface area contributed by atoms with Crippen LogP contribution in [0, 0.1) is 5.92 Å². The van der Waals surface area contributed by atoms with Crippen LogP contribution in [0.2, 0.25) is 0 Å². The normalized spacial score (nSPS) is 18.7. The number of hydrogen-bond acceptors (Lipinski definition) is 5. The van der Waals surface area contributed by atoms with Crippen molar-refractivity contribution in [1.82, 2.24) is 4.90 Å². The predicted octanol–water partition coefficient (Wildman–Crippen LogP) is 2.79. The number of rotatable bonds is 3. The molecule has 6 nitrogen and oxygen atoms in total. The molecular weight excluding hydrogens is 286 g/mol. The van der Waals surface area contributed by atoms with E-state index < -0.39 is 5.60 Å². The zero-order valence-electron chi connectivity index (χ0n) is 14.4. The molecule has 1 amide bonds. The van der Waals surface area contributed by atoms with Gasteiger partial charge in [0.1, 0.15) is 11.4 Å². The van der Waals surface area contributed by atoms with Crippen LogP contribution in [0.25, 0.3) is 0 Å². The van der Waals surface area contributed by atoms with E-state index in [-0.39, 0.29) is 17.8 Å². The second-order valence-corrected chi connectivity index (χ2v) is 6.13. The largest absolute Gasteiger partial charge is 0.468 e. The Hall–Kier alpha value is -1.59. The van der Waals surface area contributed by atoms with Crippen LogP contribution >= 0.6 is 0 Å². The van der Waals surface area contributed by atoms with Crippen molar-refractivity contribution in [2.24, 2.45) is 5.92 Å². The Kier molecular flexibility index (Phi) is 9.45. The molecule has 1 unspecified atom stereocenters. The van der Waals surface area contributed by atoms with Gasteiger partial charge in [-0.15, -0.1) is 0 Å². The number of ketones is 1. The van der Waals surface area contributed by atoms with E-state index in [1.54, 1.807) is 11.8 Å². The lowest BCUT2D eigenvalue weighted by molar-refractivity contribution is -0.128. The summed E-state index contributed by atoms with van der Waals surface area (Å²) in [5, 5.41) is 0. The van der Waals surface area contributed by atoms with Gasteiger partial charge in [0.2, 0.25) is 0 Å². The molecule has 22 heavy (non-hydrogen) atoms. The van der Waals surface area contributed by atoms with Gasteiger partial charge >= 0.3 is 6.09 Å². The third-order valence-electron chi connectivity index (χ3n) is 3.21. The summed E-state index contributed by atoms with van der Waals surface area (Å²) in [4.78, 5) is 34.4. The first kappa shape index (κ1) is 20.4. The molecule has 128 valence electrons. The molecule has 0 aliphatic carbocycles. The maximum Gasteiger partial charge on any atom is 0.410 e. The molecule has 0 N–H and O–H groups in total. The Morgan fingerprint density at radius 3 is 2.36 bits per heavy atom. The van der Waals surface area contributed by atoms with Crippen LogP contribution in [0.4, 0.5) is 4.79 Å². The van der Waals surface area contributed by atoms with E-state index in [9.17, 15) is 14.4 Å². The first-order valence-corrected chi connectivity index (χ1v) is 7.81. The molecule has 6 heteroatoms. The molecule has 0 aromatic heterocycles. The van der Waals surface area contributed by atoms with Gasteiger partial charge in [-0.3, -0.25) is 9.59 Å². The molecule has 1 fully saturated rings. The third-order valence-corrected chi connectivity index (χ3v) is 3.21. The van der Waals surface area contributed by atoms with Gasteiger partial charge in [0.25, 0.3) is 6.47 Å². The molecule has 1 aliphatic heterocycles. The molecule has 0 aromatic carbocycles. The molecule has 0 bridgehead atoms. The van der Waals surface area contributed by atoms with Crippen LogP contribution in [0.5, 0.6) is 0 Å². The second kappa shape index (κ2) is 10.2. The van der Waals surface area contributed by atoms with Gasteiger partial charge in [-0.1, -0.05) is 6.92 Å². The number of nitrogens with zero attached hydrogens (tertiary/aromatic N) is 1. The van der Waals surface area contributed by atoms with Crippen LogP contribution < -0.4 is 0 Å². The minimum absolute atomic E-state index is 0.113. The SMILES string of the molecule is CCC1CCN(C(=O)OC(C)(C)C)CCC1=O.CCOC=O. The summed E-state index contributed by atoms with van der Waals surface area (Å²) in [6.07, 6.45) is 1.77. The van der Waals surface area contributed by atoms with Crippen LogP contribution in [-0.4, -0.2) is 48.5 Å². The molecule has 1 aliphatic rings. The summed E-state index contributed by atoms with van der Waals surface area (Å²) < 4.78 is 9.47. The van der Waals surface area contributed by atoms with E-state index >= 15 is 0 Å². The minimum atomic E-state index is -0.475. The van der Waals surface area contributed by atoms with E-state index in [4.69, 9.17) is 4.74 Å². The van der Waals surface area contributed by atoms with Crippen molar-refractivity contribution in [2.75, 3.05) is 19.7 Å². The fraction of sp³-hybridized carbons (Fsp3) is 0.812. The Morgan fingerprint density at radius 1 is 1.32 bits per heavy atom. The van der Waals surface area contributed by atoms with Crippen molar-refractivity contribution in [3.05, 3.63) is 0 Å². The number of likely N-dealkylation sites (tertiary alicyclic amines) is 1. The maximum absolute atomic E-state index is 11.9. The number of carbonyl (C=O) groups excluding carboxylic acids is 3. The molecule has 1 rings (SSSR count). The van der Waals surface area contributed by atoms with E-state index in [0.29, 0.717) is 32.6 Å². The molecule has 0 saturated carbocycles. The van der Waals surface area contributed by atoms with Crippen LogP contribution in [0.1, 0.15) is 53.9 Å². The zero-order valence-corrected chi connectivity index (χ0v) is 14.4. The number of hydrogen-bond donors (Lipinski definition) is 0. The van der Waals surface area contributed by atoms with Gasteiger partial charge in [-0.05, 0) is 40.5 Å². The summed E-state index contributed by atoms with van der Waals surface area (Å²) in [5.74, 6) is 0.390. The first-order valence-electron chi connectivity index (χ1n) is 7.81. The minimum Gasteiger partial charge on any atom is -0.468 e. The highest BCUT2D eigenvalue weighted by atomic mass is 16.6. The molecule has 0 radical (unpaired) electrons. The van der Waals surface area contributed by atoms with Gasteiger partial charge in [0.05, 0.1) is 6.61 Å². The number of ether oxygens (including phenoxy) is 2. The predicted molar refractivity (Wildman–Crippen MR) is 83.5 cm³/mol. The van der Waals surface area contributed by atoms with Gasteiger partial charge in [-0.25, -0.2) is 4.79 Å². The van der Waals surface area contributed by atoms with Crippen molar-refractivity contribution in [1.29, 1.82) is 0 Å². The summed E-state index contributed by atoms with van der Waals surface area (Å²) in [6.45, 7) is 11.3. The number of amides is 1. The van der Waals surface area contributed by atoms with Crippen molar-refractivity contribution >= 4 is 18.3 Å². The number of Topliss-reactive ketones (excluding diaryl/α,β-unsaturated/α-hetero) is 1.